The molecule has 0 fully saturated rings. The van der Waals surface area contributed by atoms with Crippen molar-refractivity contribution < 1.29 is 9.59 Å². The van der Waals surface area contributed by atoms with Gasteiger partial charge in [0.1, 0.15) is 0 Å². The van der Waals surface area contributed by atoms with Crippen LogP contribution in [0.5, 0.6) is 0 Å². The highest BCUT2D eigenvalue weighted by Crippen LogP contribution is 2.41. The van der Waals surface area contributed by atoms with E-state index in [2.05, 4.69) is 5.32 Å². The summed E-state index contributed by atoms with van der Waals surface area (Å²) in [6.07, 6.45) is 1.90. The number of amides is 2. The van der Waals surface area contributed by atoms with Crippen LogP contribution in [0.15, 0.2) is 75.8 Å². The first-order valence-electron chi connectivity index (χ1n) is 8.79. The van der Waals surface area contributed by atoms with Crippen molar-refractivity contribution in [2.75, 3.05) is 11.9 Å². The van der Waals surface area contributed by atoms with Crippen LogP contribution in [0.2, 0.25) is 0 Å². The van der Waals surface area contributed by atoms with E-state index in [4.69, 9.17) is 0 Å². The zero-order chi connectivity index (χ0) is 19.5. The van der Waals surface area contributed by atoms with Gasteiger partial charge < -0.3 is 10.2 Å². The molecule has 0 saturated heterocycles. The third-order valence-electron chi connectivity index (χ3n) is 4.42. The van der Waals surface area contributed by atoms with Crippen LogP contribution in [-0.4, -0.2) is 18.9 Å². The van der Waals surface area contributed by atoms with Gasteiger partial charge in [-0.2, -0.15) is 0 Å². The van der Waals surface area contributed by atoms with Crippen LogP contribution in [0.4, 0.5) is 5.69 Å². The van der Waals surface area contributed by atoms with Crippen molar-refractivity contribution in [2.24, 2.45) is 0 Å². The van der Waals surface area contributed by atoms with Crippen molar-refractivity contribution in [3.8, 4) is 0 Å². The zero-order valence-corrected chi connectivity index (χ0v) is 16.8. The van der Waals surface area contributed by atoms with E-state index in [1.54, 1.807) is 35.4 Å². The van der Waals surface area contributed by atoms with E-state index in [-0.39, 0.29) is 11.8 Å². The number of rotatable bonds is 4. The second kappa shape index (κ2) is 8.04. The van der Waals surface area contributed by atoms with Gasteiger partial charge in [-0.1, -0.05) is 48.2 Å². The van der Waals surface area contributed by atoms with Crippen molar-refractivity contribution in [3.63, 3.8) is 0 Å². The Morgan fingerprint density at radius 3 is 2.68 bits per heavy atom. The number of benzene rings is 2. The topological polar surface area (TPSA) is 49.4 Å². The van der Waals surface area contributed by atoms with Gasteiger partial charge in [-0.15, -0.1) is 11.3 Å². The molecule has 4 rings (SSSR count). The molecule has 2 amide bonds. The van der Waals surface area contributed by atoms with E-state index in [9.17, 15) is 9.59 Å². The standard InChI is InChI=1S/C22H18N2O2S2/c1-24-18-13-16(21(25)23-14-17-8-5-11-27-17)9-10-19(18)28-20(22(24)26)12-15-6-3-2-4-7-15/h2-13H,14H2,1H3,(H,23,25). The molecule has 1 aliphatic rings. The maximum absolute atomic E-state index is 12.8. The second-order valence-electron chi connectivity index (χ2n) is 6.33. The Bertz CT molecular complexity index is 1040. The lowest BCUT2D eigenvalue weighted by molar-refractivity contribution is -0.114. The summed E-state index contributed by atoms with van der Waals surface area (Å²) in [6.45, 7) is 0.501. The average Bonchev–Trinajstić information content (AvgIpc) is 3.24. The molecule has 0 aliphatic carbocycles. The third-order valence-corrected chi connectivity index (χ3v) is 6.37. The van der Waals surface area contributed by atoms with Crippen molar-refractivity contribution >= 4 is 46.7 Å². The molecule has 2 aromatic carbocycles. The fraction of sp³-hybridized carbons (Fsp3) is 0.0909. The molecular formula is C22H18N2O2S2. The highest BCUT2D eigenvalue weighted by molar-refractivity contribution is 8.04. The Balaban J connectivity index is 1.56. The van der Waals surface area contributed by atoms with Gasteiger partial charge in [0.25, 0.3) is 11.8 Å². The first-order valence-corrected chi connectivity index (χ1v) is 10.5. The number of hydrogen-bond donors (Lipinski definition) is 1. The van der Waals surface area contributed by atoms with Gasteiger partial charge in [-0.3, -0.25) is 9.59 Å². The van der Waals surface area contributed by atoms with Gasteiger partial charge in [0, 0.05) is 22.4 Å². The zero-order valence-electron chi connectivity index (χ0n) is 15.2. The molecule has 4 nitrogen and oxygen atoms in total. The molecule has 1 N–H and O–H groups in total. The molecule has 6 heteroatoms. The van der Waals surface area contributed by atoms with E-state index in [1.807, 2.05) is 60.0 Å². The van der Waals surface area contributed by atoms with Crippen molar-refractivity contribution in [1.82, 2.24) is 5.32 Å². The van der Waals surface area contributed by atoms with E-state index < -0.39 is 0 Å². The molecule has 1 aromatic heterocycles. The molecule has 0 unspecified atom stereocenters. The molecule has 2 heterocycles. The largest absolute Gasteiger partial charge is 0.347 e. The monoisotopic (exact) mass is 406 g/mol. The molecule has 0 bridgehead atoms. The van der Waals surface area contributed by atoms with Crippen LogP contribution in [0.3, 0.4) is 0 Å². The Morgan fingerprint density at radius 2 is 1.93 bits per heavy atom. The van der Waals surface area contributed by atoms with Crippen LogP contribution < -0.4 is 10.2 Å². The van der Waals surface area contributed by atoms with Gasteiger partial charge in [-0.25, -0.2) is 0 Å². The maximum atomic E-state index is 12.8. The summed E-state index contributed by atoms with van der Waals surface area (Å²) in [7, 11) is 1.74. The fourth-order valence-corrected chi connectivity index (χ4v) is 4.66. The van der Waals surface area contributed by atoms with Crippen molar-refractivity contribution in [3.05, 3.63) is 87.0 Å². The molecule has 3 aromatic rings. The summed E-state index contributed by atoms with van der Waals surface area (Å²) in [5.41, 5.74) is 2.29. The van der Waals surface area contributed by atoms with E-state index in [1.165, 1.54) is 11.8 Å². The molecule has 0 saturated carbocycles. The van der Waals surface area contributed by atoms with E-state index in [0.717, 1.165) is 21.0 Å². The Kier molecular flexibility index (Phi) is 5.32. The van der Waals surface area contributed by atoms with Crippen LogP contribution in [0.1, 0.15) is 20.8 Å². The number of thioether (sulfide) groups is 1. The van der Waals surface area contributed by atoms with Gasteiger partial charge in [0.15, 0.2) is 0 Å². The number of carbonyl (C=O) groups is 2. The number of nitrogens with zero attached hydrogens (tertiary/aromatic N) is 1. The normalized spacial score (nSPS) is 14.8. The number of hydrogen-bond acceptors (Lipinski definition) is 4. The number of carbonyl (C=O) groups excluding carboxylic acids is 2. The molecule has 0 atom stereocenters. The van der Waals surface area contributed by atoms with E-state index >= 15 is 0 Å². The first-order chi connectivity index (χ1) is 13.6. The average molecular weight is 407 g/mol. The SMILES string of the molecule is CN1C(=O)C(=Cc2ccccc2)Sc2ccc(C(=O)NCc3cccs3)cc21. The molecule has 0 spiro atoms. The Morgan fingerprint density at radius 1 is 1.11 bits per heavy atom. The van der Waals surface area contributed by atoms with Gasteiger partial charge in [0.2, 0.25) is 0 Å². The van der Waals surface area contributed by atoms with Crippen LogP contribution in [0.25, 0.3) is 6.08 Å². The lowest BCUT2D eigenvalue weighted by Gasteiger charge is -2.27. The molecule has 1 aliphatic heterocycles. The van der Waals surface area contributed by atoms with Crippen molar-refractivity contribution in [2.45, 2.75) is 11.4 Å². The summed E-state index contributed by atoms with van der Waals surface area (Å²) in [5.74, 6) is -0.217. The molecule has 140 valence electrons. The summed E-state index contributed by atoms with van der Waals surface area (Å²) in [6, 6.07) is 19.2. The smallest absolute Gasteiger partial charge is 0.264 e. The molecule has 0 radical (unpaired) electrons. The van der Waals surface area contributed by atoms with Crippen LogP contribution in [-0.2, 0) is 11.3 Å². The fourth-order valence-electron chi connectivity index (χ4n) is 2.92. The highest BCUT2D eigenvalue weighted by atomic mass is 32.2. The van der Waals surface area contributed by atoms with Crippen LogP contribution in [0, 0.1) is 0 Å². The first kappa shape index (κ1) is 18.5. The minimum absolute atomic E-state index is 0.0718. The number of thiophene rings is 1. The van der Waals surface area contributed by atoms with E-state index in [0.29, 0.717) is 17.0 Å². The number of nitrogens with one attached hydrogen (secondary N) is 1. The Labute approximate surface area is 171 Å². The van der Waals surface area contributed by atoms with Crippen molar-refractivity contribution in [1.29, 1.82) is 0 Å². The molecule has 28 heavy (non-hydrogen) atoms. The minimum atomic E-state index is -0.146. The summed E-state index contributed by atoms with van der Waals surface area (Å²) in [4.78, 5) is 29.6. The Hall–Kier alpha value is -2.83. The predicted octanol–water partition coefficient (Wildman–Crippen LogP) is 4.79. The van der Waals surface area contributed by atoms with Crippen LogP contribution >= 0.6 is 23.1 Å². The summed E-state index contributed by atoms with van der Waals surface area (Å²) >= 11 is 3.04. The van der Waals surface area contributed by atoms with Gasteiger partial charge in [0.05, 0.1) is 17.1 Å². The predicted molar refractivity (Wildman–Crippen MR) is 116 cm³/mol. The summed E-state index contributed by atoms with van der Waals surface area (Å²) < 4.78 is 0. The third kappa shape index (κ3) is 3.88. The lowest BCUT2D eigenvalue weighted by atomic mass is 10.1. The quantitative estimate of drug-likeness (QED) is 0.634. The second-order valence-corrected chi connectivity index (χ2v) is 8.45. The van der Waals surface area contributed by atoms with Gasteiger partial charge >= 0.3 is 0 Å². The highest BCUT2D eigenvalue weighted by Gasteiger charge is 2.27. The number of fused-ring (bicyclic) bond motifs is 1. The minimum Gasteiger partial charge on any atom is -0.347 e. The number of likely N-dealkylation sites (N-methyl/N-ethyl adjacent to an activating group) is 1. The molecular weight excluding hydrogens is 388 g/mol. The number of anilines is 1. The lowest BCUT2D eigenvalue weighted by Crippen LogP contribution is -2.30. The summed E-state index contributed by atoms with van der Waals surface area (Å²) in [5, 5.41) is 4.91. The van der Waals surface area contributed by atoms with Gasteiger partial charge in [-0.05, 0) is 41.3 Å². The maximum Gasteiger partial charge on any atom is 0.264 e.